The molecule has 1 N–H and O–H groups in total. The largest absolute Gasteiger partial charge is 0.493 e. The van der Waals surface area contributed by atoms with Crippen LogP contribution in [0, 0.1) is 11.8 Å². The van der Waals surface area contributed by atoms with Gasteiger partial charge < -0.3 is 15.0 Å². The van der Waals surface area contributed by atoms with E-state index in [1.165, 1.54) is 17.2 Å². The summed E-state index contributed by atoms with van der Waals surface area (Å²) in [7, 11) is 0. The van der Waals surface area contributed by atoms with E-state index in [1.54, 1.807) is 6.07 Å². The second kappa shape index (κ2) is 12.8. The highest BCUT2D eigenvalue weighted by Crippen LogP contribution is 2.32. The maximum atomic E-state index is 13.1. The van der Waals surface area contributed by atoms with Gasteiger partial charge in [0.2, 0.25) is 5.91 Å². The molecule has 4 nitrogen and oxygen atoms in total. The maximum Gasteiger partial charge on any atom is 0.416 e. The minimum Gasteiger partial charge on any atom is -0.493 e. The normalized spacial score (nSPS) is 18.4. The third kappa shape index (κ3) is 8.35. The number of alkyl halides is 3. The Morgan fingerprint density at radius 1 is 0.892 bits per heavy atom. The zero-order valence-electron chi connectivity index (χ0n) is 20.8. The van der Waals surface area contributed by atoms with Gasteiger partial charge in [-0.3, -0.25) is 4.79 Å². The monoisotopic (exact) mass is 510 g/mol. The molecule has 0 spiro atoms. The molecule has 3 aromatic rings. The minimum atomic E-state index is -4.42. The first kappa shape index (κ1) is 26.7. The van der Waals surface area contributed by atoms with Crippen molar-refractivity contribution < 1.29 is 22.7 Å². The Morgan fingerprint density at radius 3 is 2.24 bits per heavy atom. The fourth-order valence-electron chi connectivity index (χ4n) is 4.82. The Hall–Kier alpha value is -3.32. The third-order valence-corrected chi connectivity index (χ3v) is 6.75. The molecule has 37 heavy (non-hydrogen) atoms. The van der Waals surface area contributed by atoms with Crippen LogP contribution in [0.25, 0.3) is 0 Å². The summed E-state index contributed by atoms with van der Waals surface area (Å²) in [6.45, 7) is 3.02. The molecule has 1 saturated heterocycles. The zero-order chi connectivity index (χ0) is 26.1. The van der Waals surface area contributed by atoms with Crippen molar-refractivity contribution in [2.24, 2.45) is 11.8 Å². The van der Waals surface area contributed by atoms with Crippen LogP contribution in [0.2, 0.25) is 0 Å². The second-order valence-corrected chi connectivity index (χ2v) is 9.66. The van der Waals surface area contributed by atoms with E-state index in [0.29, 0.717) is 19.5 Å². The number of nitrogens with zero attached hydrogens (tertiary/aromatic N) is 1. The number of carbonyl (C=O) groups is 1. The number of hydrogen-bond donors (Lipinski definition) is 1. The van der Waals surface area contributed by atoms with Crippen LogP contribution in [0.4, 0.5) is 13.2 Å². The standard InChI is InChI=1S/C30H33F3N2O2/c31-30(32,33)27-12-7-13-28(19-27)37-22-25-18-26(29(36)34-16-14-23-8-3-1-4-9-23)21-35(20-25)17-15-24-10-5-2-6-11-24/h1-13,19,25-26H,14-18,20-22H2,(H,34,36)/t25-,26+/m0/s1. The summed E-state index contributed by atoms with van der Waals surface area (Å²) in [5.74, 6) is 0.0452. The number of rotatable bonds is 10. The third-order valence-electron chi connectivity index (χ3n) is 6.75. The molecule has 1 amide bonds. The highest BCUT2D eigenvalue weighted by Gasteiger charge is 2.33. The summed E-state index contributed by atoms with van der Waals surface area (Å²) in [6, 6.07) is 25.2. The molecule has 0 radical (unpaired) electrons. The molecule has 1 aliphatic heterocycles. The fourth-order valence-corrected chi connectivity index (χ4v) is 4.82. The van der Waals surface area contributed by atoms with Crippen LogP contribution in [0.15, 0.2) is 84.9 Å². The number of nitrogens with one attached hydrogen (secondary N) is 1. The summed E-state index contributed by atoms with van der Waals surface area (Å²) in [4.78, 5) is 15.4. The average molecular weight is 511 g/mol. The molecule has 4 rings (SSSR count). The van der Waals surface area contributed by atoms with Gasteiger partial charge in [0.1, 0.15) is 5.75 Å². The van der Waals surface area contributed by atoms with E-state index < -0.39 is 11.7 Å². The topological polar surface area (TPSA) is 41.6 Å². The molecular weight excluding hydrogens is 477 g/mol. The van der Waals surface area contributed by atoms with Crippen molar-refractivity contribution in [3.05, 3.63) is 102 Å². The van der Waals surface area contributed by atoms with Crippen molar-refractivity contribution in [2.45, 2.75) is 25.4 Å². The van der Waals surface area contributed by atoms with Gasteiger partial charge in [-0.05, 0) is 48.6 Å². The van der Waals surface area contributed by atoms with Crippen molar-refractivity contribution in [2.75, 3.05) is 32.8 Å². The number of piperidine rings is 1. The molecule has 0 aromatic heterocycles. The highest BCUT2D eigenvalue weighted by molar-refractivity contribution is 5.79. The zero-order valence-corrected chi connectivity index (χ0v) is 20.8. The molecule has 0 unspecified atom stereocenters. The summed E-state index contributed by atoms with van der Waals surface area (Å²) < 4.78 is 45.0. The first-order valence-corrected chi connectivity index (χ1v) is 12.7. The van der Waals surface area contributed by atoms with Crippen molar-refractivity contribution in [1.82, 2.24) is 10.2 Å². The van der Waals surface area contributed by atoms with Gasteiger partial charge in [-0.2, -0.15) is 13.2 Å². The number of ether oxygens (including phenoxy) is 1. The molecule has 1 heterocycles. The average Bonchev–Trinajstić information content (AvgIpc) is 2.91. The van der Waals surface area contributed by atoms with E-state index in [2.05, 4.69) is 22.3 Å². The van der Waals surface area contributed by atoms with E-state index in [-0.39, 0.29) is 30.1 Å². The van der Waals surface area contributed by atoms with Crippen LogP contribution in [0.5, 0.6) is 5.75 Å². The molecule has 7 heteroatoms. The lowest BCUT2D eigenvalue weighted by molar-refractivity contribution is -0.137. The van der Waals surface area contributed by atoms with E-state index >= 15 is 0 Å². The maximum absolute atomic E-state index is 13.1. The van der Waals surface area contributed by atoms with Gasteiger partial charge in [0.25, 0.3) is 0 Å². The molecule has 2 atom stereocenters. The van der Waals surface area contributed by atoms with Gasteiger partial charge in [-0.15, -0.1) is 0 Å². The van der Waals surface area contributed by atoms with Crippen LogP contribution in [0.1, 0.15) is 23.1 Å². The van der Waals surface area contributed by atoms with Gasteiger partial charge >= 0.3 is 6.18 Å². The lowest BCUT2D eigenvalue weighted by Gasteiger charge is -2.37. The number of hydrogen-bond acceptors (Lipinski definition) is 3. The molecule has 196 valence electrons. The summed E-state index contributed by atoms with van der Waals surface area (Å²) in [5.41, 5.74) is 1.67. The molecule has 0 aliphatic carbocycles. The van der Waals surface area contributed by atoms with E-state index in [1.807, 2.05) is 48.5 Å². The van der Waals surface area contributed by atoms with Crippen LogP contribution in [-0.2, 0) is 23.8 Å². The minimum absolute atomic E-state index is 0.0180. The molecule has 0 bridgehead atoms. The Bertz CT molecular complexity index is 1120. The predicted molar refractivity (Wildman–Crippen MR) is 138 cm³/mol. The molecule has 3 aromatic carbocycles. The summed E-state index contributed by atoms with van der Waals surface area (Å²) in [5, 5.41) is 3.08. The van der Waals surface area contributed by atoms with E-state index in [4.69, 9.17) is 4.74 Å². The van der Waals surface area contributed by atoms with Gasteiger partial charge in [0, 0.05) is 32.1 Å². The van der Waals surface area contributed by atoms with Crippen molar-refractivity contribution in [1.29, 1.82) is 0 Å². The predicted octanol–water partition coefficient (Wildman–Crippen LogP) is 5.62. The van der Waals surface area contributed by atoms with Crippen LogP contribution in [-0.4, -0.2) is 43.6 Å². The van der Waals surface area contributed by atoms with Crippen molar-refractivity contribution in [3.63, 3.8) is 0 Å². The first-order chi connectivity index (χ1) is 17.9. The number of carbonyl (C=O) groups excluding carboxylic acids is 1. The Kier molecular flexibility index (Phi) is 9.23. The highest BCUT2D eigenvalue weighted by atomic mass is 19.4. The second-order valence-electron chi connectivity index (χ2n) is 9.66. The Labute approximate surface area is 216 Å². The van der Waals surface area contributed by atoms with Crippen molar-refractivity contribution in [3.8, 4) is 5.75 Å². The number of amides is 1. The van der Waals surface area contributed by atoms with Crippen molar-refractivity contribution >= 4 is 5.91 Å². The van der Waals surface area contributed by atoms with E-state index in [0.717, 1.165) is 38.1 Å². The molecule has 1 aliphatic rings. The van der Waals surface area contributed by atoms with E-state index in [9.17, 15) is 18.0 Å². The van der Waals surface area contributed by atoms with Crippen LogP contribution >= 0.6 is 0 Å². The Balaban J connectivity index is 1.36. The van der Waals surface area contributed by atoms with Crippen LogP contribution in [0.3, 0.4) is 0 Å². The molecule has 0 saturated carbocycles. The molecular formula is C30H33F3N2O2. The Morgan fingerprint density at radius 2 is 1.57 bits per heavy atom. The van der Waals surface area contributed by atoms with Crippen LogP contribution < -0.4 is 10.1 Å². The van der Waals surface area contributed by atoms with Gasteiger partial charge in [0.05, 0.1) is 18.1 Å². The summed E-state index contributed by atoms with van der Waals surface area (Å²) in [6.07, 6.45) is -2.15. The lowest BCUT2D eigenvalue weighted by Crippen LogP contribution is -2.48. The first-order valence-electron chi connectivity index (χ1n) is 12.7. The van der Waals surface area contributed by atoms with Gasteiger partial charge in [-0.1, -0.05) is 66.7 Å². The summed E-state index contributed by atoms with van der Waals surface area (Å²) >= 11 is 0. The fraction of sp³-hybridized carbons (Fsp3) is 0.367. The van der Waals surface area contributed by atoms with Gasteiger partial charge in [0.15, 0.2) is 0 Å². The van der Waals surface area contributed by atoms with Gasteiger partial charge in [-0.25, -0.2) is 0 Å². The number of benzene rings is 3. The number of likely N-dealkylation sites (tertiary alicyclic amines) is 1. The quantitative estimate of drug-likeness (QED) is 0.385. The number of halogens is 3. The lowest BCUT2D eigenvalue weighted by atomic mass is 9.88. The molecule has 1 fully saturated rings. The smallest absolute Gasteiger partial charge is 0.416 e. The SMILES string of the molecule is O=C(NCCc1ccccc1)[C@@H]1C[C@H](COc2cccc(C(F)(F)F)c2)CN(CCc2ccccc2)C1.